The van der Waals surface area contributed by atoms with Crippen LogP contribution in [-0.2, 0) is 17.7 Å². The van der Waals surface area contributed by atoms with Gasteiger partial charge in [-0.1, -0.05) is 13.8 Å². The van der Waals surface area contributed by atoms with Crippen LogP contribution in [0.25, 0.3) is 0 Å². The summed E-state index contributed by atoms with van der Waals surface area (Å²) in [7, 11) is 0. The molecule has 0 radical (unpaired) electrons. The van der Waals surface area contributed by atoms with Crippen LogP contribution in [0.2, 0.25) is 0 Å². The molecule has 0 saturated heterocycles. The predicted octanol–water partition coefficient (Wildman–Crippen LogP) is 3.87. The Morgan fingerprint density at radius 2 is 2.00 bits per heavy atom. The normalized spacial score (nSPS) is 17.7. The first-order valence-corrected chi connectivity index (χ1v) is 7.89. The van der Waals surface area contributed by atoms with Gasteiger partial charge >= 0.3 is 6.09 Å². The van der Waals surface area contributed by atoms with E-state index in [1.807, 2.05) is 34.6 Å². The highest BCUT2D eigenvalue weighted by Gasteiger charge is 2.33. The highest BCUT2D eigenvalue weighted by molar-refractivity contribution is 5.68. The second-order valence-corrected chi connectivity index (χ2v) is 6.35. The van der Waals surface area contributed by atoms with Gasteiger partial charge in [0.25, 0.3) is 0 Å². The third-order valence-electron chi connectivity index (χ3n) is 3.33. The van der Waals surface area contributed by atoms with E-state index in [9.17, 15) is 4.79 Å². The fourth-order valence-corrected chi connectivity index (χ4v) is 2.20. The van der Waals surface area contributed by atoms with Crippen molar-refractivity contribution in [3.05, 3.63) is 17.3 Å². The third kappa shape index (κ3) is 3.99. The molecule has 5 heteroatoms. The molecule has 1 aromatic heterocycles. The number of fused-ring (bicyclic) bond motifs is 1. The fourth-order valence-electron chi connectivity index (χ4n) is 2.20. The molecule has 1 fully saturated rings. The zero-order valence-electron chi connectivity index (χ0n) is 13.7. The summed E-state index contributed by atoms with van der Waals surface area (Å²) in [6, 6.07) is 0. The van der Waals surface area contributed by atoms with Crippen LogP contribution in [0.5, 0.6) is 0 Å². The van der Waals surface area contributed by atoms with Gasteiger partial charge in [0.1, 0.15) is 11.4 Å². The van der Waals surface area contributed by atoms with Gasteiger partial charge in [0, 0.05) is 18.9 Å². The highest BCUT2D eigenvalue weighted by Crippen LogP contribution is 2.40. The molecule has 0 unspecified atom stereocenters. The van der Waals surface area contributed by atoms with E-state index in [0.717, 1.165) is 23.8 Å². The van der Waals surface area contributed by atoms with Crippen LogP contribution in [0.4, 0.5) is 4.79 Å². The number of rotatable bonds is 1. The molecule has 1 amide bonds. The maximum atomic E-state index is 12.0. The summed E-state index contributed by atoms with van der Waals surface area (Å²) in [4.78, 5) is 18.2. The second-order valence-electron chi connectivity index (χ2n) is 6.35. The van der Waals surface area contributed by atoms with Crippen LogP contribution < -0.4 is 0 Å². The zero-order valence-corrected chi connectivity index (χ0v) is 13.7. The molecule has 0 atom stereocenters. The van der Waals surface area contributed by atoms with Crippen molar-refractivity contribution in [3.63, 3.8) is 0 Å². The molecule has 1 aromatic rings. The van der Waals surface area contributed by atoms with E-state index in [4.69, 9.17) is 9.15 Å². The van der Waals surface area contributed by atoms with Crippen molar-refractivity contribution in [2.75, 3.05) is 6.54 Å². The van der Waals surface area contributed by atoms with Crippen LogP contribution in [0.1, 0.15) is 70.7 Å². The molecule has 0 N–H and O–H groups in total. The van der Waals surface area contributed by atoms with E-state index in [2.05, 4.69) is 4.98 Å². The van der Waals surface area contributed by atoms with E-state index in [1.54, 1.807) is 4.90 Å². The van der Waals surface area contributed by atoms with Crippen molar-refractivity contribution in [2.24, 2.45) is 0 Å². The summed E-state index contributed by atoms with van der Waals surface area (Å²) in [5.74, 6) is 2.20. The standard InChI is InChI=1S/C14H20N2O3.C2H6/c1-14(2,3)19-13(17)16-7-6-10-11(8-16)18-12(15-10)9-4-5-9;1-2/h9H,4-8H2,1-3H3;1-2H3. The lowest BCUT2D eigenvalue weighted by atomic mass is 10.1. The van der Waals surface area contributed by atoms with E-state index >= 15 is 0 Å². The van der Waals surface area contributed by atoms with Gasteiger partial charge in [-0.2, -0.15) is 0 Å². The summed E-state index contributed by atoms with van der Waals surface area (Å²) in [6.45, 7) is 10.8. The molecule has 0 spiro atoms. The monoisotopic (exact) mass is 294 g/mol. The summed E-state index contributed by atoms with van der Waals surface area (Å²) >= 11 is 0. The Balaban J connectivity index is 0.000000774. The van der Waals surface area contributed by atoms with Crippen molar-refractivity contribution in [1.82, 2.24) is 9.88 Å². The molecule has 118 valence electrons. The Kier molecular flexibility index (Phi) is 4.59. The van der Waals surface area contributed by atoms with Gasteiger partial charge in [-0.05, 0) is 33.6 Å². The number of hydrogen-bond acceptors (Lipinski definition) is 4. The van der Waals surface area contributed by atoms with Gasteiger partial charge in [-0.25, -0.2) is 9.78 Å². The third-order valence-corrected chi connectivity index (χ3v) is 3.33. The molecule has 0 bridgehead atoms. The number of carbonyl (C=O) groups is 1. The lowest BCUT2D eigenvalue weighted by molar-refractivity contribution is 0.0208. The molecule has 3 rings (SSSR count). The average Bonchev–Trinajstić information content (AvgIpc) is 3.18. The van der Waals surface area contributed by atoms with Gasteiger partial charge in [-0.15, -0.1) is 0 Å². The number of oxazole rings is 1. The number of ether oxygens (including phenoxy) is 1. The number of aromatic nitrogens is 1. The molecular weight excluding hydrogens is 268 g/mol. The molecular formula is C16H26N2O3. The molecule has 2 aliphatic rings. The van der Waals surface area contributed by atoms with Crippen molar-refractivity contribution >= 4 is 6.09 Å². The minimum atomic E-state index is -0.460. The quantitative estimate of drug-likeness (QED) is 0.789. The van der Waals surface area contributed by atoms with Crippen molar-refractivity contribution in [2.45, 2.75) is 71.9 Å². The van der Waals surface area contributed by atoms with Gasteiger partial charge in [-0.3, -0.25) is 0 Å². The predicted molar refractivity (Wildman–Crippen MR) is 80.2 cm³/mol. The summed E-state index contributed by atoms with van der Waals surface area (Å²) in [6.07, 6.45) is 2.83. The van der Waals surface area contributed by atoms with E-state index < -0.39 is 5.60 Å². The topological polar surface area (TPSA) is 55.6 Å². The van der Waals surface area contributed by atoms with Crippen LogP contribution in [0.3, 0.4) is 0 Å². The van der Waals surface area contributed by atoms with Gasteiger partial charge in [0.15, 0.2) is 5.89 Å². The molecule has 1 saturated carbocycles. The number of nitrogens with zero attached hydrogens (tertiary/aromatic N) is 2. The first-order chi connectivity index (χ1) is 9.92. The summed E-state index contributed by atoms with van der Waals surface area (Å²) < 4.78 is 11.2. The van der Waals surface area contributed by atoms with Gasteiger partial charge < -0.3 is 14.1 Å². The van der Waals surface area contributed by atoms with Crippen LogP contribution in [0.15, 0.2) is 4.42 Å². The minimum Gasteiger partial charge on any atom is -0.444 e. The molecule has 1 aliphatic carbocycles. The largest absolute Gasteiger partial charge is 0.444 e. The smallest absolute Gasteiger partial charge is 0.410 e. The second kappa shape index (κ2) is 6.08. The van der Waals surface area contributed by atoms with Crippen molar-refractivity contribution in [1.29, 1.82) is 0 Å². The molecule has 0 aromatic carbocycles. The van der Waals surface area contributed by atoms with E-state index in [1.165, 1.54) is 12.8 Å². The van der Waals surface area contributed by atoms with Crippen molar-refractivity contribution < 1.29 is 13.9 Å². The van der Waals surface area contributed by atoms with Crippen LogP contribution in [0, 0.1) is 0 Å². The minimum absolute atomic E-state index is 0.275. The summed E-state index contributed by atoms with van der Waals surface area (Å²) in [5.41, 5.74) is 0.555. The Labute approximate surface area is 126 Å². The number of hydrogen-bond donors (Lipinski definition) is 0. The Hall–Kier alpha value is -1.52. The maximum Gasteiger partial charge on any atom is 0.410 e. The van der Waals surface area contributed by atoms with E-state index in [0.29, 0.717) is 19.0 Å². The first-order valence-electron chi connectivity index (χ1n) is 7.89. The van der Waals surface area contributed by atoms with E-state index in [-0.39, 0.29) is 6.09 Å². The van der Waals surface area contributed by atoms with Gasteiger partial charge in [0.05, 0.1) is 12.2 Å². The Morgan fingerprint density at radius 1 is 1.33 bits per heavy atom. The molecule has 5 nitrogen and oxygen atoms in total. The lowest BCUT2D eigenvalue weighted by Crippen LogP contribution is -2.39. The average molecular weight is 294 g/mol. The molecule has 21 heavy (non-hydrogen) atoms. The maximum absolute atomic E-state index is 12.0. The SMILES string of the molecule is CC.CC(C)(C)OC(=O)N1CCc2nc(C3CC3)oc2C1. The Morgan fingerprint density at radius 3 is 2.57 bits per heavy atom. The van der Waals surface area contributed by atoms with Crippen LogP contribution in [-0.4, -0.2) is 28.1 Å². The fraction of sp³-hybridized carbons (Fsp3) is 0.750. The first kappa shape index (κ1) is 15.9. The molecule has 1 aliphatic heterocycles. The number of amides is 1. The highest BCUT2D eigenvalue weighted by atomic mass is 16.6. The lowest BCUT2D eigenvalue weighted by Gasteiger charge is -2.28. The van der Waals surface area contributed by atoms with Gasteiger partial charge in [0.2, 0.25) is 0 Å². The number of carbonyl (C=O) groups excluding carboxylic acids is 1. The molecule has 2 heterocycles. The van der Waals surface area contributed by atoms with Crippen molar-refractivity contribution in [3.8, 4) is 0 Å². The Bertz CT molecular complexity index is 498. The summed E-state index contributed by atoms with van der Waals surface area (Å²) in [5, 5.41) is 0. The van der Waals surface area contributed by atoms with Crippen LogP contribution >= 0.6 is 0 Å². The zero-order chi connectivity index (χ0) is 15.6.